The van der Waals surface area contributed by atoms with Crippen LogP contribution in [0, 0.1) is 0 Å². The number of amides is 1. The SMILES string of the molecule is [N-]=[N+]=Nc1ccccc1C[C@]1(C(=O)NNCc2ccc(Cl)cc2Cl)N=C(c2ccc(OCCCO)cc2)O[C@H]1c1ccccc1Br. The average Bonchev–Trinajstić information content (AvgIpc) is 3.44. The number of carbonyl (C=O) groups excluding carboxylic acids is 1. The highest BCUT2D eigenvalue weighted by molar-refractivity contribution is 9.10. The van der Waals surface area contributed by atoms with Gasteiger partial charge in [-0.1, -0.05) is 92.8 Å². The van der Waals surface area contributed by atoms with E-state index in [0.29, 0.717) is 51.2 Å². The first kappa shape index (κ1) is 33.3. The lowest BCUT2D eigenvalue weighted by Crippen LogP contribution is -2.53. The molecule has 236 valence electrons. The molecule has 3 N–H and O–H groups in total. The zero-order valence-electron chi connectivity index (χ0n) is 24.4. The van der Waals surface area contributed by atoms with Crippen LogP contribution in [0.15, 0.2) is 106 Å². The molecule has 0 saturated carbocycles. The summed E-state index contributed by atoms with van der Waals surface area (Å²) in [4.78, 5) is 22.5. The first-order valence-electron chi connectivity index (χ1n) is 14.3. The van der Waals surface area contributed by atoms with Gasteiger partial charge in [0, 0.05) is 62.2 Å². The smallest absolute Gasteiger partial charge is 0.266 e. The Labute approximate surface area is 284 Å². The van der Waals surface area contributed by atoms with Gasteiger partial charge in [-0.05, 0) is 59.1 Å². The summed E-state index contributed by atoms with van der Waals surface area (Å²) in [5.74, 6) is 0.392. The highest BCUT2D eigenvalue weighted by Gasteiger charge is 2.54. The van der Waals surface area contributed by atoms with Crippen LogP contribution < -0.4 is 15.6 Å². The Kier molecular flexibility index (Phi) is 11.2. The van der Waals surface area contributed by atoms with Gasteiger partial charge in [-0.2, -0.15) is 0 Å². The van der Waals surface area contributed by atoms with E-state index in [0.717, 1.165) is 10.0 Å². The van der Waals surface area contributed by atoms with Crippen molar-refractivity contribution in [2.75, 3.05) is 13.2 Å². The molecular weight excluding hydrogens is 695 g/mol. The Balaban J connectivity index is 1.56. The molecule has 0 aliphatic carbocycles. The van der Waals surface area contributed by atoms with Gasteiger partial charge in [0.1, 0.15) is 5.75 Å². The Morgan fingerprint density at radius 1 is 1.07 bits per heavy atom. The Bertz CT molecular complexity index is 1780. The number of hydrogen-bond donors (Lipinski definition) is 3. The lowest BCUT2D eigenvalue weighted by molar-refractivity contribution is -0.130. The summed E-state index contributed by atoms with van der Waals surface area (Å²) in [5.41, 5.74) is 16.5. The van der Waals surface area contributed by atoms with Crippen LogP contribution in [0.25, 0.3) is 10.4 Å². The summed E-state index contributed by atoms with van der Waals surface area (Å²) in [7, 11) is 0. The molecule has 1 aliphatic rings. The van der Waals surface area contributed by atoms with Crippen molar-refractivity contribution in [3.63, 3.8) is 0 Å². The van der Waals surface area contributed by atoms with Gasteiger partial charge < -0.3 is 14.6 Å². The number of aliphatic hydroxyl groups is 1. The molecule has 4 aromatic carbocycles. The largest absolute Gasteiger partial charge is 0.494 e. The number of aliphatic hydroxyl groups excluding tert-OH is 1. The molecule has 4 aromatic rings. The topological polar surface area (TPSA) is 141 Å². The van der Waals surface area contributed by atoms with Crippen molar-refractivity contribution in [2.24, 2.45) is 10.1 Å². The fraction of sp³-hybridized carbons (Fsp3) is 0.212. The molecule has 1 heterocycles. The molecule has 2 atom stereocenters. The van der Waals surface area contributed by atoms with E-state index in [2.05, 4.69) is 36.8 Å². The fourth-order valence-electron chi connectivity index (χ4n) is 5.04. The number of nitrogens with one attached hydrogen (secondary N) is 2. The minimum atomic E-state index is -1.56. The van der Waals surface area contributed by atoms with Crippen molar-refractivity contribution in [1.82, 2.24) is 10.9 Å². The van der Waals surface area contributed by atoms with Gasteiger partial charge in [0.15, 0.2) is 11.6 Å². The molecule has 0 fully saturated rings. The molecule has 0 aromatic heterocycles. The second-order valence-electron chi connectivity index (χ2n) is 10.3. The van der Waals surface area contributed by atoms with Crippen LogP contribution in [0.2, 0.25) is 10.0 Å². The zero-order chi connectivity index (χ0) is 32.5. The number of hydrazine groups is 1. The maximum absolute atomic E-state index is 14.5. The molecule has 1 aliphatic heterocycles. The van der Waals surface area contributed by atoms with E-state index in [4.69, 9.17) is 42.8 Å². The van der Waals surface area contributed by atoms with Crippen LogP contribution in [0.1, 0.15) is 34.8 Å². The van der Waals surface area contributed by atoms with Crippen LogP contribution in [0.5, 0.6) is 5.75 Å². The number of nitrogens with zero attached hydrogens (tertiary/aromatic N) is 4. The van der Waals surface area contributed by atoms with Crippen molar-refractivity contribution in [3.05, 3.63) is 138 Å². The van der Waals surface area contributed by atoms with E-state index in [1.54, 1.807) is 60.7 Å². The van der Waals surface area contributed by atoms with Gasteiger partial charge in [0.25, 0.3) is 5.91 Å². The van der Waals surface area contributed by atoms with E-state index in [1.165, 1.54) is 0 Å². The number of aliphatic imine (C=N–C) groups is 1. The summed E-state index contributed by atoms with van der Waals surface area (Å²) in [6.45, 7) is 0.620. The maximum atomic E-state index is 14.5. The van der Waals surface area contributed by atoms with Crippen molar-refractivity contribution in [1.29, 1.82) is 0 Å². The number of halogens is 3. The normalized spacial score (nSPS) is 17.0. The predicted molar refractivity (Wildman–Crippen MR) is 181 cm³/mol. The summed E-state index contributed by atoms with van der Waals surface area (Å²) in [6.07, 6.45) is -0.341. The Morgan fingerprint density at radius 3 is 2.57 bits per heavy atom. The van der Waals surface area contributed by atoms with Crippen molar-refractivity contribution < 1.29 is 19.4 Å². The number of azide groups is 1. The van der Waals surface area contributed by atoms with Crippen LogP contribution in [0.4, 0.5) is 5.69 Å². The third-order valence-corrected chi connectivity index (χ3v) is 8.63. The minimum absolute atomic E-state index is 0.0354. The highest BCUT2D eigenvalue weighted by Crippen LogP contribution is 2.45. The van der Waals surface area contributed by atoms with E-state index in [9.17, 15) is 10.3 Å². The van der Waals surface area contributed by atoms with Gasteiger partial charge in [-0.25, -0.2) is 10.4 Å². The van der Waals surface area contributed by atoms with E-state index >= 15 is 0 Å². The molecular formula is C33H29BrCl2N6O4. The summed E-state index contributed by atoms with van der Waals surface area (Å²) in [6, 6.07) is 26.8. The lowest BCUT2D eigenvalue weighted by Gasteiger charge is -2.31. The van der Waals surface area contributed by atoms with Crippen molar-refractivity contribution in [3.8, 4) is 5.75 Å². The van der Waals surface area contributed by atoms with Crippen LogP contribution in [-0.4, -0.2) is 35.7 Å². The van der Waals surface area contributed by atoms with E-state index in [1.807, 2.05) is 30.3 Å². The second-order valence-corrected chi connectivity index (χ2v) is 12.0. The number of benzene rings is 4. The summed E-state index contributed by atoms with van der Waals surface area (Å²) < 4.78 is 13.0. The molecule has 1 amide bonds. The first-order chi connectivity index (χ1) is 22.3. The second kappa shape index (κ2) is 15.5. The van der Waals surface area contributed by atoms with Crippen molar-refractivity contribution in [2.45, 2.75) is 31.0 Å². The summed E-state index contributed by atoms with van der Waals surface area (Å²) >= 11 is 16.1. The standard InChI is InChI=1S/C33H29BrCl2N6O4/c34-27-8-3-2-7-26(27)30-33(19-22-6-1-4-9-29(22)40-42-37,32(44)41-38-20-23-10-13-24(35)18-28(23)36)39-31(46-30)21-11-14-25(15-12-21)45-17-5-16-43/h1-4,6-15,18,30,38,43H,5,16-17,19-20H2,(H,41,44)/t30-,33-/m0/s1. The Morgan fingerprint density at radius 2 is 1.83 bits per heavy atom. The molecule has 46 heavy (non-hydrogen) atoms. The van der Waals surface area contributed by atoms with Gasteiger partial charge in [-0.3, -0.25) is 10.2 Å². The molecule has 0 unspecified atom stereocenters. The number of rotatable bonds is 13. The van der Waals surface area contributed by atoms with Gasteiger partial charge in [-0.15, -0.1) is 0 Å². The number of hydrogen-bond acceptors (Lipinski definition) is 7. The average molecular weight is 724 g/mol. The van der Waals surface area contributed by atoms with Crippen LogP contribution in [-0.2, 0) is 22.5 Å². The van der Waals surface area contributed by atoms with Gasteiger partial charge >= 0.3 is 0 Å². The molecule has 13 heteroatoms. The third-order valence-electron chi connectivity index (χ3n) is 7.32. The molecule has 5 rings (SSSR count). The van der Waals surface area contributed by atoms with E-state index < -0.39 is 17.6 Å². The quantitative estimate of drug-likeness (QED) is 0.0425. The fourth-order valence-corrected chi connectivity index (χ4v) is 6.00. The molecule has 0 bridgehead atoms. The third kappa shape index (κ3) is 7.64. The van der Waals surface area contributed by atoms with E-state index in [-0.39, 0.29) is 25.5 Å². The highest BCUT2D eigenvalue weighted by atomic mass is 79.9. The molecule has 0 radical (unpaired) electrons. The minimum Gasteiger partial charge on any atom is -0.494 e. The monoisotopic (exact) mass is 722 g/mol. The van der Waals surface area contributed by atoms with Crippen LogP contribution >= 0.6 is 39.1 Å². The summed E-state index contributed by atoms with van der Waals surface area (Å²) in [5, 5.41) is 13.9. The lowest BCUT2D eigenvalue weighted by atomic mass is 9.81. The van der Waals surface area contributed by atoms with Crippen LogP contribution in [0.3, 0.4) is 0 Å². The molecule has 10 nitrogen and oxygen atoms in total. The predicted octanol–water partition coefficient (Wildman–Crippen LogP) is 7.78. The first-order valence-corrected chi connectivity index (χ1v) is 15.8. The van der Waals surface area contributed by atoms with Crippen molar-refractivity contribution >= 4 is 56.6 Å². The number of carbonyl (C=O) groups is 1. The molecule has 0 saturated heterocycles. The van der Waals surface area contributed by atoms with Gasteiger partial charge in [0.2, 0.25) is 5.90 Å². The Hall–Kier alpha value is -4.09. The molecule has 0 spiro atoms. The number of ether oxygens (including phenoxy) is 2. The maximum Gasteiger partial charge on any atom is 0.266 e. The van der Waals surface area contributed by atoms with Gasteiger partial charge in [0.05, 0.1) is 6.61 Å². The zero-order valence-corrected chi connectivity index (χ0v) is 27.5.